The summed E-state index contributed by atoms with van der Waals surface area (Å²) in [5.41, 5.74) is 1.04. The molecule has 0 unspecified atom stereocenters. The van der Waals surface area contributed by atoms with Crippen molar-refractivity contribution in [1.82, 2.24) is 0 Å². The van der Waals surface area contributed by atoms with Crippen molar-refractivity contribution < 1.29 is 19.4 Å². The van der Waals surface area contributed by atoms with Crippen LogP contribution in [0.25, 0.3) is 0 Å². The van der Waals surface area contributed by atoms with E-state index in [4.69, 9.17) is 9.84 Å². The summed E-state index contributed by atoms with van der Waals surface area (Å²) in [5.74, 6) is 0.0585. The lowest BCUT2D eigenvalue weighted by atomic mass is 10.1. The smallest absolute Gasteiger partial charge is 0.337 e. The first-order valence-electron chi connectivity index (χ1n) is 4.09. The van der Waals surface area contributed by atoms with E-state index in [1.54, 1.807) is 12.1 Å². The Balaban J connectivity index is 3.07. The first-order chi connectivity index (χ1) is 6.72. The van der Waals surface area contributed by atoms with E-state index in [0.717, 1.165) is 0 Å². The molecule has 0 saturated heterocycles. The quantitative estimate of drug-likeness (QED) is 0.732. The molecule has 0 radical (unpaired) electrons. The molecule has 1 N–H and O–H groups in total. The summed E-state index contributed by atoms with van der Waals surface area (Å²) in [6.45, 7) is -0.120. The fourth-order valence-corrected chi connectivity index (χ4v) is 1.12. The van der Waals surface area contributed by atoms with E-state index in [1.807, 2.05) is 0 Å². The average Bonchev–Trinajstić information content (AvgIpc) is 2.26. The van der Waals surface area contributed by atoms with Gasteiger partial charge in [-0.15, -0.1) is 0 Å². The molecule has 0 aliphatic rings. The monoisotopic (exact) mass is 196 g/mol. The van der Waals surface area contributed by atoms with Crippen LogP contribution in [0.3, 0.4) is 0 Å². The molecule has 0 aliphatic carbocycles. The Morgan fingerprint density at radius 3 is 2.64 bits per heavy atom. The summed E-state index contributed by atoms with van der Waals surface area (Å²) >= 11 is 0. The van der Waals surface area contributed by atoms with Crippen LogP contribution in [-0.4, -0.2) is 25.3 Å². The molecule has 0 bridgehead atoms. The van der Waals surface area contributed by atoms with Gasteiger partial charge in [-0.25, -0.2) is 4.79 Å². The Morgan fingerprint density at radius 1 is 1.43 bits per heavy atom. The van der Waals surface area contributed by atoms with Crippen molar-refractivity contribution in [2.45, 2.75) is 6.61 Å². The summed E-state index contributed by atoms with van der Waals surface area (Å²) in [6, 6.07) is 4.75. The Kier molecular flexibility index (Phi) is 3.48. The number of esters is 1. The zero-order chi connectivity index (χ0) is 10.6. The minimum Gasteiger partial charge on any atom is -0.496 e. The molecule has 0 heterocycles. The largest absolute Gasteiger partial charge is 0.496 e. The third kappa shape index (κ3) is 2.03. The Morgan fingerprint density at radius 2 is 2.14 bits per heavy atom. The van der Waals surface area contributed by atoms with Crippen LogP contribution in [-0.2, 0) is 11.3 Å². The molecular formula is C10H12O4. The molecule has 76 valence electrons. The molecule has 0 amide bonds. The molecule has 0 saturated carbocycles. The van der Waals surface area contributed by atoms with Gasteiger partial charge in [-0.1, -0.05) is 6.07 Å². The van der Waals surface area contributed by atoms with E-state index >= 15 is 0 Å². The number of hydrogen-bond acceptors (Lipinski definition) is 4. The highest BCUT2D eigenvalue weighted by Crippen LogP contribution is 2.20. The number of hydrogen-bond donors (Lipinski definition) is 1. The van der Waals surface area contributed by atoms with Gasteiger partial charge in [0.05, 0.1) is 26.4 Å². The van der Waals surface area contributed by atoms with E-state index < -0.39 is 5.97 Å². The molecule has 0 atom stereocenters. The Bertz CT molecular complexity index is 333. The SMILES string of the molecule is COC(=O)c1ccc(CO)c(OC)c1. The van der Waals surface area contributed by atoms with E-state index in [1.165, 1.54) is 20.3 Å². The summed E-state index contributed by atoms with van der Waals surface area (Å²) in [7, 11) is 2.80. The predicted molar refractivity (Wildman–Crippen MR) is 50.3 cm³/mol. The van der Waals surface area contributed by atoms with Crippen molar-refractivity contribution in [3.8, 4) is 5.75 Å². The van der Waals surface area contributed by atoms with Crippen LogP contribution in [0, 0.1) is 0 Å². The summed E-state index contributed by atoms with van der Waals surface area (Å²) in [4.78, 5) is 11.1. The lowest BCUT2D eigenvalue weighted by Crippen LogP contribution is -2.02. The number of benzene rings is 1. The number of ether oxygens (including phenoxy) is 2. The van der Waals surface area contributed by atoms with E-state index in [0.29, 0.717) is 16.9 Å². The molecule has 1 rings (SSSR count). The van der Waals surface area contributed by atoms with Gasteiger partial charge in [-0.2, -0.15) is 0 Å². The highest BCUT2D eigenvalue weighted by atomic mass is 16.5. The maximum absolute atomic E-state index is 11.1. The number of methoxy groups -OCH3 is 2. The van der Waals surface area contributed by atoms with Gasteiger partial charge in [0, 0.05) is 5.56 Å². The van der Waals surface area contributed by atoms with Crippen LogP contribution in [0.15, 0.2) is 18.2 Å². The number of carbonyl (C=O) groups excluding carboxylic acids is 1. The number of aliphatic hydroxyl groups excluding tert-OH is 1. The van der Waals surface area contributed by atoms with E-state index in [-0.39, 0.29) is 6.61 Å². The average molecular weight is 196 g/mol. The lowest BCUT2D eigenvalue weighted by molar-refractivity contribution is 0.0600. The van der Waals surface area contributed by atoms with Crippen molar-refractivity contribution >= 4 is 5.97 Å². The first-order valence-corrected chi connectivity index (χ1v) is 4.09. The molecule has 14 heavy (non-hydrogen) atoms. The highest BCUT2D eigenvalue weighted by molar-refractivity contribution is 5.89. The minimum absolute atomic E-state index is 0.120. The molecule has 0 aromatic heterocycles. The summed E-state index contributed by atoms with van der Waals surface area (Å²) in [5, 5.41) is 8.94. The topological polar surface area (TPSA) is 55.8 Å². The molecular weight excluding hydrogens is 184 g/mol. The fourth-order valence-electron chi connectivity index (χ4n) is 1.12. The Labute approximate surface area is 82.1 Å². The molecule has 0 aliphatic heterocycles. The normalized spacial score (nSPS) is 9.64. The number of aliphatic hydroxyl groups is 1. The zero-order valence-corrected chi connectivity index (χ0v) is 8.11. The van der Waals surface area contributed by atoms with Crippen LogP contribution in [0.1, 0.15) is 15.9 Å². The van der Waals surface area contributed by atoms with Crippen LogP contribution < -0.4 is 4.74 Å². The van der Waals surface area contributed by atoms with Gasteiger partial charge >= 0.3 is 5.97 Å². The second-order valence-electron chi connectivity index (χ2n) is 2.68. The third-order valence-electron chi connectivity index (χ3n) is 1.88. The fraction of sp³-hybridized carbons (Fsp3) is 0.300. The summed E-state index contributed by atoms with van der Waals surface area (Å²) < 4.78 is 9.56. The second-order valence-corrected chi connectivity index (χ2v) is 2.68. The van der Waals surface area contributed by atoms with Gasteiger partial charge in [0.2, 0.25) is 0 Å². The van der Waals surface area contributed by atoms with Crippen LogP contribution in [0.5, 0.6) is 5.75 Å². The number of carbonyl (C=O) groups is 1. The molecule has 1 aromatic carbocycles. The van der Waals surface area contributed by atoms with Gasteiger partial charge in [-0.05, 0) is 12.1 Å². The predicted octanol–water partition coefficient (Wildman–Crippen LogP) is 0.974. The van der Waals surface area contributed by atoms with Crippen molar-refractivity contribution in [1.29, 1.82) is 0 Å². The van der Waals surface area contributed by atoms with Gasteiger partial charge < -0.3 is 14.6 Å². The maximum Gasteiger partial charge on any atom is 0.337 e. The van der Waals surface area contributed by atoms with E-state index in [2.05, 4.69) is 4.74 Å². The molecule has 0 fully saturated rings. The molecule has 4 nitrogen and oxygen atoms in total. The molecule has 4 heteroatoms. The summed E-state index contributed by atoms with van der Waals surface area (Å²) in [6.07, 6.45) is 0. The maximum atomic E-state index is 11.1. The molecule has 1 aromatic rings. The lowest BCUT2D eigenvalue weighted by Gasteiger charge is -2.07. The van der Waals surface area contributed by atoms with Crippen LogP contribution in [0.2, 0.25) is 0 Å². The number of rotatable bonds is 3. The first kappa shape index (κ1) is 10.5. The van der Waals surface area contributed by atoms with Crippen molar-refractivity contribution in [2.24, 2.45) is 0 Å². The van der Waals surface area contributed by atoms with Gasteiger partial charge in [0.25, 0.3) is 0 Å². The second kappa shape index (κ2) is 4.62. The Hall–Kier alpha value is -1.55. The molecule has 0 spiro atoms. The highest BCUT2D eigenvalue weighted by Gasteiger charge is 2.09. The van der Waals surface area contributed by atoms with E-state index in [9.17, 15) is 4.79 Å². The van der Waals surface area contributed by atoms with Gasteiger partial charge in [0.1, 0.15) is 5.75 Å². The van der Waals surface area contributed by atoms with Crippen molar-refractivity contribution in [3.63, 3.8) is 0 Å². The minimum atomic E-state index is -0.423. The van der Waals surface area contributed by atoms with Crippen LogP contribution >= 0.6 is 0 Å². The van der Waals surface area contributed by atoms with Gasteiger partial charge in [-0.3, -0.25) is 0 Å². The van der Waals surface area contributed by atoms with Crippen molar-refractivity contribution in [2.75, 3.05) is 14.2 Å². The van der Waals surface area contributed by atoms with Crippen molar-refractivity contribution in [3.05, 3.63) is 29.3 Å². The third-order valence-corrected chi connectivity index (χ3v) is 1.88. The zero-order valence-electron chi connectivity index (χ0n) is 8.11. The van der Waals surface area contributed by atoms with Gasteiger partial charge in [0.15, 0.2) is 0 Å². The standard InChI is InChI=1S/C10H12O4/c1-13-9-5-7(10(12)14-2)3-4-8(9)6-11/h3-5,11H,6H2,1-2H3. The van der Waals surface area contributed by atoms with Crippen LogP contribution in [0.4, 0.5) is 0 Å².